The SMILES string of the molecule is CC1=CC[C@H]2C(C)(C)CCC[C@]2(C)[C@H]1[C@H](C/C(C)=C\CO)O[Si](C)(C)C(C)(C)C. The smallest absolute Gasteiger partial charge is 0.192 e. The molecule has 3 heteroatoms. The van der Waals surface area contributed by atoms with Crippen molar-refractivity contribution < 1.29 is 9.53 Å². The van der Waals surface area contributed by atoms with E-state index in [-0.39, 0.29) is 23.2 Å². The van der Waals surface area contributed by atoms with Gasteiger partial charge >= 0.3 is 0 Å². The van der Waals surface area contributed by atoms with Crippen LogP contribution in [0.4, 0.5) is 0 Å². The molecule has 2 nitrogen and oxygen atoms in total. The predicted octanol–water partition coefficient (Wildman–Crippen LogP) is 7.50. The zero-order valence-corrected chi connectivity index (χ0v) is 22.0. The lowest BCUT2D eigenvalue weighted by molar-refractivity contribution is -0.0715. The van der Waals surface area contributed by atoms with Gasteiger partial charge in [0, 0.05) is 5.92 Å². The third kappa shape index (κ3) is 5.10. The lowest BCUT2D eigenvalue weighted by Gasteiger charge is -2.59. The Hall–Kier alpha value is -0.383. The van der Waals surface area contributed by atoms with Crippen LogP contribution in [0, 0.1) is 22.7 Å². The maximum absolute atomic E-state index is 9.46. The molecule has 0 unspecified atom stereocenters. The molecule has 0 bridgehead atoms. The van der Waals surface area contributed by atoms with Gasteiger partial charge in [0.15, 0.2) is 8.32 Å². The number of rotatable bonds is 6. The topological polar surface area (TPSA) is 29.5 Å². The van der Waals surface area contributed by atoms with Crippen molar-refractivity contribution in [2.45, 2.75) is 112 Å². The van der Waals surface area contributed by atoms with E-state index >= 15 is 0 Å². The average molecular weight is 421 g/mol. The van der Waals surface area contributed by atoms with Gasteiger partial charge in [0.1, 0.15) is 0 Å². The van der Waals surface area contributed by atoms with Crippen molar-refractivity contribution in [2.75, 3.05) is 6.61 Å². The Balaban J connectivity index is 2.50. The van der Waals surface area contributed by atoms with E-state index in [1.807, 2.05) is 6.08 Å². The Labute approximate surface area is 182 Å². The quantitative estimate of drug-likeness (QED) is 0.356. The van der Waals surface area contributed by atoms with Gasteiger partial charge in [-0.1, -0.05) is 71.3 Å². The summed E-state index contributed by atoms with van der Waals surface area (Å²) < 4.78 is 7.19. The van der Waals surface area contributed by atoms with E-state index in [0.29, 0.717) is 17.3 Å². The molecule has 0 aromatic heterocycles. The molecular weight excluding hydrogens is 372 g/mol. The van der Waals surface area contributed by atoms with Crippen molar-refractivity contribution >= 4 is 8.32 Å². The highest BCUT2D eigenvalue weighted by molar-refractivity contribution is 6.74. The highest BCUT2D eigenvalue weighted by atomic mass is 28.4. The molecule has 2 aliphatic rings. The summed E-state index contributed by atoms with van der Waals surface area (Å²) in [6.07, 6.45) is 10.8. The van der Waals surface area contributed by atoms with Crippen LogP contribution in [-0.4, -0.2) is 26.1 Å². The van der Waals surface area contributed by atoms with Crippen molar-refractivity contribution in [3.8, 4) is 0 Å². The molecule has 0 aromatic carbocycles. The third-order valence-electron chi connectivity index (χ3n) is 8.74. The number of allylic oxidation sites excluding steroid dienone is 1. The molecule has 168 valence electrons. The Morgan fingerprint density at radius 2 is 1.90 bits per heavy atom. The first-order chi connectivity index (χ1) is 13.2. The van der Waals surface area contributed by atoms with E-state index in [1.54, 1.807) is 0 Å². The van der Waals surface area contributed by atoms with Gasteiger partial charge < -0.3 is 9.53 Å². The molecule has 29 heavy (non-hydrogen) atoms. The Morgan fingerprint density at radius 3 is 2.45 bits per heavy atom. The molecule has 4 atom stereocenters. The van der Waals surface area contributed by atoms with Gasteiger partial charge in [-0.2, -0.15) is 0 Å². The van der Waals surface area contributed by atoms with Crippen LogP contribution in [0.2, 0.25) is 18.1 Å². The van der Waals surface area contributed by atoms with Crippen LogP contribution in [0.15, 0.2) is 23.3 Å². The van der Waals surface area contributed by atoms with E-state index in [1.165, 1.54) is 36.8 Å². The lowest BCUT2D eigenvalue weighted by atomic mass is 9.48. The van der Waals surface area contributed by atoms with Crippen molar-refractivity contribution in [1.82, 2.24) is 0 Å². The highest BCUT2D eigenvalue weighted by Crippen LogP contribution is 2.61. The second-order valence-corrected chi connectivity index (χ2v) is 17.2. The average Bonchev–Trinajstić information content (AvgIpc) is 2.52. The molecule has 0 saturated heterocycles. The first-order valence-corrected chi connectivity index (χ1v) is 14.7. The first kappa shape index (κ1) is 24.9. The van der Waals surface area contributed by atoms with Gasteiger partial charge in [-0.25, -0.2) is 0 Å². The molecule has 1 fully saturated rings. The van der Waals surface area contributed by atoms with Gasteiger partial charge in [-0.05, 0) is 74.4 Å². The second-order valence-electron chi connectivity index (χ2n) is 12.4. The minimum absolute atomic E-state index is 0.116. The van der Waals surface area contributed by atoms with Gasteiger partial charge in [0.2, 0.25) is 0 Å². The van der Waals surface area contributed by atoms with E-state index in [9.17, 15) is 5.11 Å². The molecule has 0 heterocycles. The van der Waals surface area contributed by atoms with E-state index in [2.05, 4.69) is 74.6 Å². The van der Waals surface area contributed by atoms with Crippen molar-refractivity contribution in [3.05, 3.63) is 23.3 Å². The number of hydrogen-bond acceptors (Lipinski definition) is 2. The summed E-state index contributed by atoms with van der Waals surface area (Å²) in [7, 11) is -1.91. The summed E-state index contributed by atoms with van der Waals surface area (Å²) in [4.78, 5) is 0. The van der Waals surface area contributed by atoms with Crippen LogP contribution in [0.25, 0.3) is 0 Å². The minimum atomic E-state index is -1.91. The van der Waals surface area contributed by atoms with Crippen LogP contribution in [0.1, 0.15) is 87.5 Å². The third-order valence-corrected chi connectivity index (χ3v) is 13.2. The minimum Gasteiger partial charge on any atom is -0.413 e. The molecular formula is C26H48O2Si. The van der Waals surface area contributed by atoms with Crippen LogP contribution >= 0.6 is 0 Å². The molecule has 1 N–H and O–H groups in total. The van der Waals surface area contributed by atoms with Gasteiger partial charge in [-0.15, -0.1) is 0 Å². The Morgan fingerprint density at radius 1 is 1.28 bits per heavy atom. The maximum atomic E-state index is 9.46. The normalized spacial score (nSPS) is 31.8. The fraction of sp³-hybridized carbons (Fsp3) is 0.846. The monoisotopic (exact) mass is 420 g/mol. The van der Waals surface area contributed by atoms with Crippen LogP contribution in [0.5, 0.6) is 0 Å². The molecule has 0 amide bonds. The van der Waals surface area contributed by atoms with E-state index in [0.717, 1.165) is 6.42 Å². The van der Waals surface area contributed by atoms with Crippen molar-refractivity contribution in [2.24, 2.45) is 22.7 Å². The van der Waals surface area contributed by atoms with Crippen LogP contribution in [-0.2, 0) is 4.43 Å². The molecule has 2 rings (SSSR count). The molecule has 2 aliphatic carbocycles. The highest BCUT2D eigenvalue weighted by Gasteiger charge is 2.55. The Kier molecular flexibility index (Phi) is 7.40. The van der Waals surface area contributed by atoms with Gasteiger partial charge in [0.05, 0.1) is 12.7 Å². The standard InChI is InChI=1S/C26H48O2Si/c1-19(14-17-27)18-21(28-29(9,10)24(3,4)5)23-20(2)12-13-22-25(6,7)15-11-16-26(22,23)8/h12,14,21-23,27H,11,13,15-18H2,1-10H3/b19-14-/t21-,22-,23+,26-/m0/s1. The zero-order valence-electron chi connectivity index (χ0n) is 21.0. The summed E-state index contributed by atoms with van der Waals surface area (Å²) in [5, 5.41) is 9.65. The summed E-state index contributed by atoms with van der Waals surface area (Å²) in [5.41, 5.74) is 3.46. The predicted molar refractivity (Wildman–Crippen MR) is 129 cm³/mol. The summed E-state index contributed by atoms with van der Waals surface area (Å²) in [5.74, 6) is 1.17. The summed E-state index contributed by atoms with van der Waals surface area (Å²) >= 11 is 0. The number of fused-ring (bicyclic) bond motifs is 1. The summed E-state index contributed by atoms with van der Waals surface area (Å²) in [6.45, 7) is 23.9. The second kappa shape index (κ2) is 8.63. The molecule has 0 aromatic rings. The van der Waals surface area contributed by atoms with Crippen molar-refractivity contribution in [3.63, 3.8) is 0 Å². The number of aliphatic hydroxyl groups excluding tert-OH is 1. The molecule has 0 radical (unpaired) electrons. The van der Waals surface area contributed by atoms with Gasteiger partial charge in [-0.3, -0.25) is 0 Å². The van der Waals surface area contributed by atoms with Crippen molar-refractivity contribution in [1.29, 1.82) is 0 Å². The zero-order chi connectivity index (χ0) is 22.3. The largest absolute Gasteiger partial charge is 0.413 e. The maximum Gasteiger partial charge on any atom is 0.192 e. The molecule has 0 spiro atoms. The van der Waals surface area contributed by atoms with Crippen LogP contribution < -0.4 is 0 Å². The van der Waals surface area contributed by atoms with E-state index < -0.39 is 8.32 Å². The fourth-order valence-electron chi connectivity index (χ4n) is 6.13. The number of aliphatic hydroxyl groups is 1. The van der Waals surface area contributed by atoms with E-state index in [4.69, 9.17) is 4.43 Å². The Bertz CT molecular complexity index is 638. The molecule has 1 saturated carbocycles. The summed E-state index contributed by atoms with van der Waals surface area (Å²) in [6, 6.07) is 0. The molecule has 0 aliphatic heterocycles. The lowest BCUT2D eigenvalue weighted by Crippen LogP contribution is -2.55. The fourth-order valence-corrected chi connectivity index (χ4v) is 7.46. The number of hydrogen-bond donors (Lipinski definition) is 1. The first-order valence-electron chi connectivity index (χ1n) is 11.8. The van der Waals surface area contributed by atoms with Gasteiger partial charge in [0.25, 0.3) is 0 Å². The van der Waals surface area contributed by atoms with Crippen LogP contribution in [0.3, 0.4) is 0 Å².